The van der Waals surface area contributed by atoms with Crippen molar-refractivity contribution in [1.29, 1.82) is 0 Å². The summed E-state index contributed by atoms with van der Waals surface area (Å²) < 4.78 is 72.3. The highest BCUT2D eigenvalue weighted by Crippen LogP contribution is 2.45. The van der Waals surface area contributed by atoms with E-state index in [2.05, 4.69) is 5.32 Å². The maximum absolute atomic E-state index is 13.3. The van der Waals surface area contributed by atoms with Gasteiger partial charge in [-0.25, -0.2) is 8.42 Å². The Kier molecular flexibility index (Phi) is 6.85. The highest BCUT2D eigenvalue weighted by Gasteiger charge is 2.38. The molecule has 2 aliphatic heterocycles. The minimum absolute atomic E-state index is 0.0520. The van der Waals surface area contributed by atoms with Gasteiger partial charge in [-0.15, -0.1) is 0 Å². The van der Waals surface area contributed by atoms with Gasteiger partial charge in [0.2, 0.25) is 15.9 Å². The first-order valence-electron chi connectivity index (χ1n) is 12.0. The first-order chi connectivity index (χ1) is 16.9. The van der Waals surface area contributed by atoms with Gasteiger partial charge in [0, 0.05) is 35.9 Å². The molecular formula is C26H29F3N2O4S. The molecule has 2 heterocycles. The van der Waals surface area contributed by atoms with Crippen LogP contribution in [0.1, 0.15) is 56.7 Å². The largest absolute Gasteiger partial charge is 0.486 e. The number of nitrogens with one attached hydrogen (secondary N) is 1. The van der Waals surface area contributed by atoms with Crippen molar-refractivity contribution in [3.05, 3.63) is 59.2 Å². The van der Waals surface area contributed by atoms with E-state index in [1.807, 2.05) is 13.8 Å². The number of hydrogen-bond acceptors (Lipinski definition) is 4. The Hall–Kier alpha value is -3.01. The minimum Gasteiger partial charge on any atom is -0.486 e. The predicted molar refractivity (Wildman–Crippen MR) is 134 cm³/mol. The fourth-order valence-corrected chi connectivity index (χ4v) is 6.45. The fourth-order valence-electron chi connectivity index (χ4n) is 4.91. The second kappa shape index (κ2) is 9.46. The Bertz CT molecular complexity index is 1310. The number of anilines is 2. The van der Waals surface area contributed by atoms with Crippen LogP contribution < -0.4 is 14.4 Å². The zero-order chi connectivity index (χ0) is 26.3. The second-order valence-electron chi connectivity index (χ2n) is 9.07. The van der Waals surface area contributed by atoms with E-state index in [0.29, 0.717) is 41.8 Å². The summed E-state index contributed by atoms with van der Waals surface area (Å²) in [7, 11) is -3.41. The SMILES string of the molecule is CCN1c2cccc(NC(=O)/C=C3\CC(CC)(CC)Oc4cc(C(F)(F)F)ccc43)c2CCS1(=O)=O. The molecule has 2 aromatic carbocycles. The minimum atomic E-state index is -4.51. The molecule has 0 radical (unpaired) electrons. The molecule has 2 aromatic rings. The van der Waals surface area contributed by atoms with Crippen LogP contribution in [-0.4, -0.2) is 32.2 Å². The van der Waals surface area contributed by atoms with Crippen molar-refractivity contribution in [2.75, 3.05) is 21.9 Å². The molecule has 0 saturated carbocycles. The number of alkyl halides is 3. The lowest BCUT2D eigenvalue weighted by Gasteiger charge is -2.39. The zero-order valence-electron chi connectivity index (χ0n) is 20.4. The summed E-state index contributed by atoms with van der Waals surface area (Å²) in [6.07, 6.45) is -1.33. The van der Waals surface area contributed by atoms with Gasteiger partial charge in [0.15, 0.2) is 0 Å². The summed E-state index contributed by atoms with van der Waals surface area (Å²) in [6, 6.07) is 8.46. The number of fused-ring (bicyclic) bond motifs is 2. The van der Waals surface area contributed by atoms with Crippen LogP contribution in [0.4, 0.5) is 24.5 Å². The fraction of sp³-hybridized carbons (Fsp3) is 0.423. The molecule has 4 rings (SSSR count). The number of amides is 1. The van der Waals surface area contributed by atoms with Gasteiger partial charge in [-0.2, -0.15) is 13.2 Å². The molecule has 0 fully saturated rings. The lowest BCUT2D eigenvalue weighted by Crippen LogP contribution is -2.38. The molecule has 194 valence electrons. The normalized spacial score (nSPS) is 19.3. The van der Waals surface area contributed by atoms with Crippen LogP contribution in [0.3, 0.4) is 0 Å². The van der Waals surface area contributed by atoms with Crippen molar-refractivity contribution < 1.29 is 31.1 Å². The number of rotatable bonds is 5. The Morgan fingerprint density at radius 3 is 2.53 bits per heavy atom. The van der Waals surface area contributed by atoms with Gasteiger partial charge in [0.1, 0.15) is 11.4 Å². The van der Waals surface area contributed by atoms with Crippen molar-refractivity contribution in [3.8, 4) is 5.75 Å². The Balaban J connectivity index is 1.70. The standard InChI is InChI=1S/C26H29F3N2O4S/c1-4-25(5-2)16-17(19-11-10-18(26(27,28)29)15-23(19)35-25)14-24(32)30-21-8-7-9-22-20(21)12-13-36(33,34)31(22)6-3/h7-11,14-15H,4-6,12-13,16H2,1-3H3,(H,30,32)/b17-14+. The molecule has 0 atom stereocenters. The van der Waals surface area contributed by atoms with Gasteiger partial charge in [-0.1, -0.05) is 26.0 Å². The monoisotopic (exact) mass is 522 g/mol. The molecule has 1 amide bonds. The lowest BCUT2D eigenvalue weighted by atomic mass is 9.83. The number of ether oxygens (including phenoxy) is 1. The summed E-state index contributed by atoms with van der Waals surface area (Å²) >= 11 is 0. The maximum Gasteiger partial charge on any atom is 0.416 e. The third-order valence-electron chi connectivity index (χ3n) is 7.00. The van der Waals surface area contributed by atoms with Crippen molar-refractivity contribution in [3.63, 3.8) is 0 Å². The van der Waals surface area contributed by atoms with E-state index in [4.69, 9.17) is 4.74 Å². The number of sulfonamides is 1. The Labute approximate surface area is 209 Å². The van der Waals surface area contributed by atoms with Crippen molar-refractivity contribution >= 4 is 32.9 Å². The number of nitrogens with zero attached hydrogens (tertiary/aromatic N) is 1. The van der Waals surface area contributed by atoms with Crippen LogP contribution in [0, 0.1) is 0 Å². The second-order valence-corrected chi connectivity index (χ2v) is 11.1. The highest BCUT2D eigenvalue weighted by molar-refractivity contribution is 7.92. The Morgan fingerprint density at radius 2 is 1.89 bits per heavy atom. The number of hydrogen-bond donors (Lipinski definition) is 1. The molecule has 0 aromatic heterocycles. The van der Waals surface area contributed by atoms with E-state index in [1.54, 1.807) is 25.1 Å². The van der Waals surface area contributed by atoms with Crippen LogP contribution in [0.15, 0.2) is 42.5 Å². The molecule has 1 N–H and O–H groups in total. The van der Waals surface area contributed by atoms with E-state index in [1.165, 1.54) is 16.4 Å². The number of halogens is 3. The smallest absolute Gasteiger partial charge is 0.416 e. The van der Waals surface area contributed by atoms with Gasteiger partial charge >= 0.3 is 6.18 Å². The molecular weight excluding hydrogens is 493 g/mol. The lowest BCUT2D eigenvalue weighted by molar-refractivity contribution is -0.137. The topological polar surface area (TPSA) is 75.7 Å². The Morgan fingerprint density at radius 1 is 1.17 bits per heavy atom. The van der Waals surface area contributed by atoms with Crippen molar-refractivity contribution in [1.82, 2.24) is 0 Å². The summed E-state index contributed by atoms with van der Waals surface area (Å²) in [5.41, 5.74) is 1.31. The van der Waals surface area contributed by atoms with Gasteiger partial charge in [-0.05, 0) is 56.0 Å². The molecule has 2 aliphatic rings. The molecule has 36 heavy (non-hydrogen) atoms. The summed E-state index contributed by atoms with van der Waals surface area (Å²) in [6.45, 7) is 5.85. The molecule has 0 unspecified atom stereocenters. The number of benzene rings is 2. The quantitative estimate of drug-likeness (QED) is 0.505. The molecule has 0 saturated heterocycles. The first-order valence-corrected chi connectivity index (χ1v) is 13.6. The van der Waals surface area contributed by atoms with Crippen LogP contribution in [0.5, 0.6) is 5.75 Å². The van der Waals surface area contributed by atoms with Crippen LogP contribution >= 0.6 is 0 Å². The van der Waals surface area contributed by atoms with Crippen molar-refractivity contribution in [2.24, 2.45) is 0 Å². The van der Waals surface area contributed by atoms with Crippen LogP contribution in [-0.2, 0) is 27.4 Å². The van der Waals surface area contributed by atoms with E-state index in [0.717, 1.165) is 17.7 Å². The van der Waals surface area contributed by atoms with Crippen LogP contribution in [0.25, 0.3) is 5.57 Å². The van der Waals surface area contributed by atoms with Crippen molar-refractivity contribution in [2.45, 2.75) is 58.2 Å². The van der Waals surface area contributed by atoms with Gasteiger partial charge in [0.05, 0.1) is 17.0 Å². The van der Waals surface area contributed by atoms with E-state index in [-0.39, 0.29) is 24.5 Å². The van der Waals surface area contributed by atoms with Gasteiger partial charge in [-0.3, -0.25) is 9.10 Å². The third kappa shape index (κ3) is 4.83. The van der Waals surface area contributed by atoms with E-state index in [9.17, 15) is 26.4 Å². The average molecular weight is 523 g/mol. The van der Waals surface area contributed by atoms with E-state index < -0.39 is 33.3 Å². The highest BCUT2D eigenvalue weighted by atomic mass is 32.2. The number of carbonyl (C=O) groups is 1. The molecule has 0 bridgehead atoms. The number of carbonyl (C=O) groups excluding carboxylic acids is 1. The first kappa shape index (κ1) is 26.1. The van der Waals surface area contributed by atoms with Crippen LogP contribution in [0.2, 0.25) is 0 Å². The summed E-state index contributed by atoms with van der Waals surface area (Å²) in [5.74, 6) is -0.382. The third-order valence-corrected chi connectivity index (χ3v) is 8.85. The molecule has 6 nitrogen and oxygen atoms in total. The maximum atomic E-state index is 13.3. The van der Waals surface area contributed by atoms with Gasteiger partial charge < -0.3 is 10.1 Å². The van der Waals surface area contributed by atoms with Gasteiger partial charge in [0.25, 0.3) is 0 Å². The molecule has 10 heteroatoms. The zero-order valence-corrected chi connectivity index (χ0v) is 21.2. The summed E-state index contributed by atoms with van der Waals surface area (Å²) in [5, 5.41) is 2.86. The summed E-state index contributed by atoms with van der Waals surface area (Å²) in [4.78, 5) is 13.1. The predicted octanol–water partition coefficient (Wildman–Crippen LogP) is 5.78. The molecule has 0 aliphatic carbocycles. The van der Waals surface area contributed by atoms with E-state index >= 15 is 0 Å². The molecule has 0 spiro atoms. The average Bonchev–Trinajstić information content (AvgIpc) is 2.82.